The lowest BCUT2D eigenvalue weighted by Crippen LogP contribution is -2.51. The number of amides is 1. The Morgan fingerprint density at radius 1 is 1.38 bits per heavy atom. The van der Waals surface area contributed by atoms with Gasteiger partial charge in [0.1, 0.15) is 5.75 Å². The molecule has 6 nitrogen and oxygen atoms in total. The minimum Gasteiger partial charge on any atom is -0.496 e. The van der Waals surface area contributed by atoms with Crippen LogP contribution in [0.3, 0.4) is 0 Å². The molecule has 0 saturated carbocycles. The second-order valence-corrected chi connectivity index (χ2v) is 6.79. The molecular formula is C18H25N3O3. The van der Waals surface area contributed by atoms with E-state index in [0.717, 1.165) is 43.0 Å². The van der Waals surface area contributed by atoms with Crippen LogP contribution in [0, 0.1) is 0 Å². The molecule has 1 amide bonds. The van der Waals surface area contributed by atoms with Crippen LogP contribution in [-0.2, 0) is 9.63 Å². The molecule has 130 valence electrons. The molecule has 3 rings (SSSR count). The Balaban J connectivity index is 1.65. The third-order valence-electron chi connectivity index (χ3n) is 4.81. The molecule has 0 unspecified atom stereocenters. The fourth-order valence-electron chi connectivity index (χ4n) is 3.18. The van der Waals surface area contributed by atoms with Crippen LogP contribution in [0.2, 0.25) is 0 Å². The summed E-state index contributed by atoms with van der Waals surface area (Å²) in [6, 6.07) is 7.86. The summed E-state index contributed by atoms with van der Waals surface area (Å²) in [5.41, 5.74) is 0.656. The largest absolute Gasteiger partial charge is 0.496 e. The molecule has 1 fully saturated rings. The van der Waals surface area contributed by atoms with E-state index in [4.69, 9.17) is 9.57 Å². The smallest absolute Gasteiger partial charge is 0.267 e. The van der Waals surface area contributed by atoms with E-state index < -0.39 is 5.60 Å². The quantitative estimate of drug-likeness (QED) is 0.914. The molecule has 1 N–H and O–H groups in total. The first kappa shape index (κ1) is 16.8. The molecule has 1 saturated heterocycles. The molecule has 2 heterocycles. The maximum Gasteiger partial charge on any atom is 0.267 e. The molecule has 2 aliphatic heterocycles. The topological polar surface area (TPSA) is 63.2 Å². The molecular weight excluding hydrogens is 306 g/mol. The van der Waals surface area contributed by atoms with Gasteiger partial charge in [0.2, 0.25) is 5.60 Å². The number of rotatable bonds is 4. The van der Waals surface area contributed by atoms with E-state index in [9.17, 15) is 4.79 Å². The van der Waals surface area contributed by atoms with Gasteiger partial charge in [-0.15, -0.1) is 0 Å². The van der Waals surface area contributed by atoms with Crippen LogP contribution >= 0.6 is 0 Å². The van der Waals surface area contributed by atoms with Gasteiger partial charge in [0, 0.05) is 18.0 Å². The molecule has 1 aromatic carbocycles. The zero-order chi connectivity index (χ0) is 17.2. The van der Waals surface area contributed by atoms with Crippen molar-refractivity contribution in [2.24, 2.45) is 5.16 Å². The van der Waals surface area contributed by atoms with Gasteiger partial charge in [-0.1, -0.05) is 17.3 Å². The number of ether oxygens (including phenoxy) is 1. The Morgan fingerprint density at radius 3 is 2.79 bits per heavy atom. The number of methoxy groups -OCH3 is 1. The van der Waals surface area contributed by atoms with Crippen LogP contribution in [0.4, 0.5) is 0 Å². The normalized spacial score (nSPS) is 25.0. The van der Waals surface area contributed by atoms with Crippen LogP contribution in [-0.4, -0.2) is 55.4 Å². The molecule has 2 aliphatic rings. The SMILES string of the molecule is COc1ccccc1C1=NO[C@](C)(C(=O)NC2CCN(C)CC2)C1. The first-order valence-corrected chi connectivity index (χ1v) is 8.40. The highest BCUT2D eigenvalue weighted by atomic mass is 16.7. The van der Waals surface area contributed by atoms with Gasteiger partial charge in [0.15, 0.2) is 0 Å². The third-order valence-corrected chi connectivity index (χ3v) is 4.81. The maximum absolute atomic E-state index is 12.7. The van der Waals surface area contributed by atoms with Crippen molar-refractivity contribution in [2.75, 3.05) is 27.2 Å². The first-order chi connectivity index (χ1) is 11.5. The highest BCUT2D eigenvalue weighted by molar-refractivity contribution is 6.07. The van der Waals surface area contributed by atoms with E-state index in [0.29, 0.717) is 6.42 Å². The lowest BCUT2D eigenvalue weighted by molar-refractivity contribution is -0.142. The van der Waals surface area contributed by atoms with Crippen LogP contribution < -0.4 is 10.1 Å². The summed E-state index contributed by atoms with van der Waals surface area (Å²) in [7, 11) is 3.73. The molecule has 1 atom stereocenters. The van der Waals surface area contributed by atoms with Gasteiger partial charge in [-0.25, -0.2) is 0 Å². The summed E-state index contributed by atoms with van der Waals surface area (Å²) in [6.07, 6.45) is 2.38. The lowest BCUT2D eigenvalue weighted by Gasteiger charge is -2.31. The molecule has 0 aromatic heterocycles. The predicted molar refractivity (Wildman–Crippen MR) is 92.3 cm³/mol. The van der Waals surface area contributed by atoms with Gasteiger partial charge in [-0.2, -0.15) is 0 Å². The van der Waals surface area contributed by atoms with Crippen molar-refractivity contribution >= 4 is 11.6 Å². The summed E-state index contributed by atoms with van der Waals surface area (Å²) in [5.74, 6) is 0.644. The molecule has 0 aliphatic carbocycles. The summed E-state index contributed by atoms with van der Waals surface area (Å²) < 4.78 is 5.38. The zero-order valence-electron chi connectivity index (χ0n) is 14.5. The van der Waals surface area contributed by atoms with Gasteiger partial charge in [0.05, 0.1) is 12.8 Å². The number of hydrogen-bond donors (Lipinski definition) is 1. The number of benzene rings is 1. The summed E-state index contributed by atoms with van der Waals surface area (Å²) >= 11 is 0. The maximum atomic E-state index is 12.7. The molecule has 24 heavy (non-hydrogen) atoms. The average molecular weight is 331 g/mol. The Morgan fingerprint density at radius 2 is 2.08 bits per heavy atom. The van der Waals surface area contributed by atoms with Gasteiger partial charge in [-0.3, -0.25) is 4.79 Å². The van der Waals surface area contributed by atoms with Crippen LogP contribution in [0.5, 0.6) is 5.75 Å². The number of para-hydroxylation sites is 1. The van der Waals surface area contributed by atoms with E-state index in [-0.39, 0.29) is 11.9 Å². The number of nitrogens with zero attached hydrogens (tertiary/aromatic N) is 2. The number of oxime groups is 1. The van der Waals surface area contributed by atoms with E-state index in [1.165, 1.54) is 0 Å². The number of carbonyl (C=O) groups is 1. The molecule has 0 spiro atoms. The van der Waals surface area contributed by atoms with Crippen molar-refractivity contribution in [1.82, 2.24) is 10.2 Å². The second-order valence-electron chi connectivity index (χ2n) is 6.79. The summed E-state index contributed by atoms with van der Waals surface area (Å²) in [4.78, 5) is 20.5. The Labute approximate surface area is 142 Å². The molecule has 0 radical (unpaired) electrons. The van der Waals surface area contributed by atoms with Crippen molar-refractivity contribution in [3.63, 3.8) is 0 Å². The fraction of sp³-hybridized carbons (Fsp3) is 0.556. The number of carbonyl (C=O) groups excluding carboxylic acids is 1. The van der Waals surface area contributed by atoms with Gasteiger partial charge in [0.25, 0.3) is 5.91 Å². The fourth-order valence-corrected chi connectivity index (χ4v) is 3.18. The standard InChI is InChI=1S/C18H25N3O3/c1-18(17(22)19-13-8-10-21(2)11-9-13)12-15(20-24-18)14-6-4-5-7-16(14)23-3/h4-7,13H,8-12H2,1-3H3,(H,19,22)/t18-/m0/s1. The first-order valence-electron chi connectivity index (χ1n) is 8.40. The minimum atomic E-state index is -0.959. The van der Waals surface area contributed by atoms with Gasteiger partial charge >= 0.3 is 0 Å². The number of nitrogens with one attached hydrogen (secondary N) is 1. The van der Waals surface area contributed by atoms with Gasteiger partial charge < -0.3 is 19.8 Å². The molecule has 0 bridgehead atoms. The van der Waals surface area contributed by atoms with Crippen molar-refractivity contribution in [3.8, 4) is 5.75 Å². The monoisotopic (exact) mass is 331 g/mol. The van der Waals surface area contributed by atoms with Gasteiger partial charge in [-0.05, 0) is 52.0 Å². The van der Waals surface area contributed by atoms with Crippen molar-refractivity contribution < 1.29 is 14.4 Å². The molecule has 6 heteroatoms. The Bertz CT molecular complexity index is 638. The highest BCUT2D eigenvalue weighted by Crippen LogP contribution is 2.30. The second kappa shape index (κ2) is 6.81. The third kappa shape index (κ3) is 3.38. The average Bonchev–Trinajstić information content (AvgIpc) is 3.00. The van der Waals surface area contributed by atoms with Crippen molar-refractivity contribution in [2.45, 2.75) is 37.8 Å². The minimum absolute atomic E-state index is 0.0919. The Hall–Kier alpha value is -2.08. The van der Waals surface area contributed by atoms with Crippen LogP contribution in [0.15, 0.2) is 29.4 Å². The zero-order valence-corrected chi connectivity index (χ0v) is 14.5. The van der Waals surface area contributed by atoms with Crippen LogP contribution in [0.1, 0.15) is 31.7 Å². The highest BCUT2D eigenvalue weighted by Gasteiger charge is 2.43. The molecule has 1 aromatic rings. The predicted octanol–water partition coefficient (Wildman–Crippen LogP) is 1.79. The van der Waals surface area contributed by atoms with E-state index in [1.54, 1.807) is 14.0 Å². The number of hydrogen-bond acceptors (Lipinski definition) is 5. The number of piperidine rings is 1. The lowest BCUT2D eigenvalue weighted by atomic mass is 9.93. The van der Waals surface area contributed by atoms with Crippen molar-refractivity contribution in [3.05, 3.63) is 29.8 Å². The summed E-state index contributed by atoms with van der Waals surface area (Å²) in [5, 5.41) is 7.29. The summed E-state index contributed by atoms with van der Waals surface area (Å²) in [6.45, 7) is 3.81. The van der Waals surface area contributed by atoms with E-state index >= 15 is 0 Å². The van der Waals surface area contributed by atoms with Crippen molar-refractivity contribution in [1.29, 1.82) is 0 Å². The number of likely N-dealkylation sites (tertiary alicyclic amines) is 1. The van der Waals surface area contributed by atoms with Crippen LogP contribution in [0.25, 0.3) is 0 Å². The Kier molecular flexibility index (Phi) is 4.76. The van der Waals surface area contributed by atoms with E-state index in [2.05, 4.69) is 22.4 Å². The van der Waals surface area contributed by atoms with E-state index in [1.807, 2.05) is 24.3 Å².